The fourth-order valence-electron chi connectivity index (χ4n) is 0.940. The average Bonchev–Trinajstić information content (AvgIpc) is 2.47. The molecule has 1 N–H and O–H groups in total. The number of thiazole rings is 1. The zero-order valence-electron chi connectivity index (χ0n) is 8.65. The van der Waals surface area contributed by atoms with Crippen molar-refractivity contribution < 1.29 is 14.6 Å². The Kier molecular flexibility index (Phi) is 5.07. The van der Waals surface area contributed by atoms with Gasteiger partial charge in [0.05, 0.1) is 18.1 Å². The number of carboxylic acids is 1. The van der Waals surface area contributed by atoms with Crippen molar-refractivity contribution in [2.24, 2.45) is 0 Å². The normalized spacial score (nSPS) is 10.5. The molecule has 1 rings (SSSR count). The number of hydrogen-bond acceptors (Lipinski definition) is 5. The third-order valence-electron chi connectivity index (χ3n) is 1.65. The van der Waals surface area contributed by atoms with E-state index in [1.54, 1.807) is 0 Å². The van der Waals surface area contributed by atoms with Crippen molar-refractivity contribution in [3.05, 3.63) is 10.6 Å². The summed E-state index contributed by atoms with van der Waals surface area (Å²) >= 11 is 2.93. The Hall–Kier alpha value is -0.590. The lowest BCUT2D eigenvalue weighted by atomic mass is 10.3. The van der Waals surface area contributed by atoms with Gasteiger partial charge in [-0.15, -0.1) is 11.3 Å². The van der Waals surface area contributed by atoms with Crippen molar-refractivity contribution in [2.45, 2.75) is 24.6 Å². The summed E-state index contributed by atoms with van der Waals surface area (Å²) in [5.41, 5.74) is 0.807. The van der Waals surface area contributed by atoms with E-state index >= 15 is 0 Å². The van der Waals surface area contributed by atoms with Crippen LogP contribution in [0.25, 0.3) is 0 Å². The molecule has 0 aromatic carbocycles. The molecule has 0 amide bonds. The van der Waals surface area contributed by atoms with Crippen molar-refractivity contribution in [3.8, 4) is 0 Å². The number of carboxylic acid groups (broad SMARTS) is 1. The molecule has 0 atom stereocenters. The molecule has 0 saturated heterocycles. The molecule has 0 aliphatic rings. The molecule has 0 fully saturated rings. The second kappa shape index (κ2) is 6.09. The van der Waals surface area contributed by atoms with E-state index in [-0.39, 0.29) is 6.42 Å². The average molecular weight is 247 g/mol. The van der Waals surface area contributed by atoms with Gasteiger partial charge in [-0.05, 0) is 13.8 Å². The van der Waals surface area contributed by atoms with E-state index in [1.807, 2.05) is 13.8 Å². The Morgan fingerprint density at radius 3 is 3.00 bits per heavy atom. The number of hydrogen-bond donors (Lipinski definition) is 1. The minimum absolute atomic E-state index is 0.0543. The van der Waals surface area contributed by atoms with Crippen LogP contribution in [0.2, 0.25) is 0 Å². The van der Waals surface area contributed by atoms with Gasteiger partial charge in [0.25, 0.3) is 0 Å². The maximum absolute atomic E-state index is 10.5. The third kappa shape index (κ3) is 4.19. The summed E-state index contributed by atoms with van der Waals surface area (Å²) < 4.78 is 6.05. The number of nitrogens with zero attached hydrogens (tertiary/aromatic N) is 1. The smallest absolute Gasteiger partial charge is 0.308 e. The summed E-state index contributed by atoms with van der Waals surface area (Å²) in [6.45, 7) is 4.45. The van der Waals surface area contributed by atoms with Crippen molar-refractivity contribution >= 4 is 29.1 Å². The molecule has 0 radical (unpaired) electrons. The van der Waals surface area contributed by atoms with Crippen LogP contribution in [0.1, 0.15) is 17.5 Å². The minimum Gasteiger partial charge on any atom is -0.481 e. The largest absolute Gasteiger partial charge is 0.481 e. The first kappa shape index (κ1) is 12.5. The fourth-order valence-corrected chi connectivity index (χ4v) is 2.96. The molecule has 0 aliphatic carbocycles. The number of aryl methyl sites for hydroxylation is 1. The van der Waals surface area contributed by atoms with E-state index < -0.39 is 5.97 Å². The molecule has 0 unspecified atom stereocenters. The summed E-state index contributed by atoms with van der Waals surface area (Å²) in [6, 6.07) is 0. The number of ether oxygens (including phenoxy) is 1. The Labute approximate surface area is 96.7 Å². The molecule has 15 heavy (non-hydrogen) atoms. The molecular formula is C9H13NO3S2. The fraction of sp³-hybridized carbons (Fsp3) is 0.556. The number of thioether (sulfide) groups is 1. The van der Waals surface area contributed by atoms with Gasteiger partial charge in [0.15, 0.2) is 4.34 Å². The van der Waals surface area contributed by atoms with Gasteiger partial charge in [0.1, 0.15) is 0 Å². The van der Waals surface area contributed by atoms with Crippen LogP contribution in [-0.2, 0) is 16.0 Å². The topological polar surface area (TPSA) is 59.4 Å². The second-order valence-corrected chi connectivity index (χ2v) is 5.07. The van der Waals surface area contributed by atoms with Gasteiger partial charge in [-0.3, -0.25) is 4.79 Å². The van der Waals surface area contributed by atoms with Gasteiger partial charge < -0.3 is 9.84 Å². The van der Waals surface area contributed by atoms with Crippen LogP contribution in [0.15, 0.2) is 4.34 Å². The molecule has 84 valence electrons. The lowest BCUT2D eigenvalue weighted by Gasteiger charge is -1.95. The number of aromatic nitrogens is 1. The van der Waals surface area contributed by atoms with Crippen LogP contribution in [0.5, 0.6) is 0 Å². The minimum atomic E-state index is -0.817. The summed E-state index contributed by atoms with van der Waals surface area (Å²) in [5, 5.41) is 8.66. The monoisotopic (exact) mass is 247 g/mol. The van der Waals surface area contributed by atoms with Crippen LogP contribution in [0, 0.1) is 6.92 Å². The molecule has 1 heterocycles. The highest BCUT2D eigenvalue weighted by molar-refractivity contribution is 8.00. The van der Waals surface area contributed by atoms with Gasteiger partial charge in [-0.1, -0.05) is 11.8 Å². The van der Waals surface area contributed by atoms with Crippen LogP contribution >= 0.6 is 23.1 Å². The van der Waals surface area contributed by atoms with Crippen molar-refractivity contribution in [3.63, 3.8) is 0 Å². The lowest BCUT2D eigenvalue weighted by Crippen LogP contribution is -1.99. The van der Waals surface area contributed by atoms with Gasteiger partial charge in [-0.25, -0.2) is 4.98 Å². The van der Waals surface area contributed by atoms with Crippen LogP contribution in [0.4, 0.5) is 0 Å². The van der Waals surface area contributed by atoms with Crippen LogP contribution < -0.4 is 0 Å². The molecule has 0 bridgehead atoms. The zero-order chi connectivity index (χ0) is 11.3. The summed E-state index contributed by atoms with van der Waals surface area (Å²) in [6.07, 6.45) is 0.0543. The van der Waals surface area contributed by atoms with E-state index in [1.165, 1.54) is 23.1 Å². The van der Waals surface area contributed by atoms with E-state index in [4.69, 9.17) is 9.84 Å². The van der Waals surface area contributed by atoms with Gasteiger partial charge >= 0.3 is 5.97 Å². The first-order valence-electron chi connectivity index (χ1n) is 4.52. The third-order valence-corrected chi connectivity index (χ3v) is 3.83. The summed E-state index contributed by atoms with van der Waals surface area (Å²) in [7, 11) is 0. The first-order valence-corrected chi connectivity index (χ1v) is 6.32. The highest BCUT2D eigenvalue weighted by Crippen LogP contribution is 2.27. The van der Waals surface area contributed by atoms with Gasteiger partial charge in [-0.2, -0.15) is 0 Å². The molecule has 4 nitrogen and oxygen atoms in total. The molecule has 0 aliphatic heterocycles. The number of aliphatic carboxylic acids is 1. The van der Waals surface area contributed by atoms with E-state index in [0.29, 0.717) is 12.5 Å². The summed E-state index contributed by atoms with van der Waals surface area (Å²) in [5.74, 6) is -0.251. The van der Waals surface area contributed by atoms with Gasteiger partial charge in [0, 0.05) is 11.5 Å². The molecule has 0 spiro atoms. The summed E-state index contributed by atoms with van der Waals surface area (Å²) in [4.78, 5) is 15.6. The van der Waals surface area contributed by atoms with Crippen LogP contribution in [0.3, 0.4) is 0 Å². The maximum atomic E-state index is 10.5. The highest BCUT2D eigenvalue weighted by Gasteiger charge is 2.10. The van der Waals surface area contributed by atoms with Crippen LogP contribution in [-0.4, -0.2) is 28.6 Å². The molecular weight excluding hydrogens is 234 g/mol. The number of carbonyl (C=O) groups is 1. The number of rotatable bonds is 6. The quantitative estimate of drug-likeness (QED) is 0.474. The standard InChI is InChI=1S/C9H13NO3S2/c1-3-13-5-14-9-10-6(2)7(15-9)4-8(11)12/h3-5H2,1-2H3,(H,11,12). The highest BCUT2D eigenvalue weighted by atomic mass is 32.2. The van der Waals surface area contributed by atoms with E-state index in [9.17, 15) is 4.79 Å². The lowest BCUT2D eigenvalue weighted by molar-refractivity contribution is -0.136. The molecule has 0 saturated carbocycles. The second-order valence-electron chi connectivity index (χ2n) is 2.81. The predicted octanol–water partition coefficient (Wildman–Crippen LogP) is 2.16. The van der Waals surface area contributed by atoms with E-state index in [0.717, 1.165) is 14.9 Å². The Balaban J connectivity index is 2.56. The molecule has 6 heteroatoms. The SMILES string of the molecule is CCOCSc1nc(C)c(CC(=O)O)s1. The maximum Gasteiger partial charge on any atom is 0.308 e. The Morgan fingerprint density at radius 2 is 2.40 bits per heavy atom. The first-order chi connectivity index (χ1) is 7.13. The molecule has 1 aromatic heterocycles. The Morgan fingerprint density at radius 1 is 1.67 bits per heavy atom. The van der Waals surface area contributed by atoms with E-state index in [2.05, 4.69) is 4.98 Å². The zero-order valence-corrected chi connectivity index (χ0v) is 10.3. The molecule has 1 aromatic rings. The van der Waals surface area contributed by atoms with Crippen molar-refractivity contribution in [2.75, 3.05) is 12.5 Å². The Bertz CT molecular complexity index is 338. The predicted molar refractivity (Wildman–Crippen MR) is 60.5 cm³/mol. The van der Waals surface area contributed by atoms with Gasteiger partial charge in [0.2, 0.25) is 0 Å². The van der Waals surface area contributed by atoms with Crippen molar-refractivity contribution in [1.29, 1.82) is 0 Å². The van der Waals surface area contributed by atoms with Crippen molar-refractivity contribution in [1.82, 2.24) is 4.98 Å².